The number of benzene rings is 2. The number of aromatic amines is 1. The van der Waals surface area contributed by atoms with Gasteiger partial charge in [-0.05, 0) is 47.4 Å². The average Bonchev–Trinajstić information content (AvgIpc) is 2.99. The second kappa shape index (κ2) is 7.11. The van der Waals surface area contributed by atoms with Gasteiger partial charge in [0, 0.05) is 39.7 Å². The predicted molar refractivity (Wildman–Crippen MR) is 109 cm³/mol. The fraction of sp³-hybridized carbons (Fsp3) is 0.263. The summed E-state index contributed by atoms with van der Waals surface area (Å²) in [6.07, 6.45) is 0. The van der Waals surface area contributed by atoms with Gasteiger partial charge >= 0.3 is 0 Å². The first-order valence-corrected chi connectivity index (χ1v) is 10.8. The summed E-state index contributed by atoms with van der Waals surface area (Å²) in [5, 5.41) is 2.37. The number of hydrogen-bond donors (Lipinski definition) is 2. The van der Waals surface area contributed by atoms with Crippen molar-refractivity contribution in [3.8, 4) is 0 Å². The van der Waals surface area contributed by atoms with Crippen molar-refractivity contribution < 1.29 is 8.42 Å². The highest BCUT2D eigenvalue weighted by atomic mass is 35.5. The van der Waals surface area contributed by atoms with E-state index in [9.17, 15) is 8.42 Å². The Morgan fingerprint density at radius 1 is 1.15 bits per heavy atom. The third-order valence-corrected chi connectivity index (χ3v) is 6.85. The smallest absolute Gasteiger partial charge is 0.280 e. The van der Waals surface area contributed by atoms with Crippen LogP contribution in [0.2, 0.25) is 10.0 Å². The van der Waals surface area contributed by atoms with E-state index in [2.05, 4.69) is 9.71 Å². The highest BCUT2D eigenvalue weighted by Gasteiger charge is 2.32. The van der Waals surface area contributed by atoms with Crippen molar-refractivity contribution in [2.24, 2.45) is 0 Å². The number of aromatic nitrogens is 1. The van der Waals surface area contributed by atoms with E-state index in [1.165, 1.54) is 4.31 Å². The molecule has 0 aliphatic carbocycles. The number of H-pyrrole nitrogens is 1. The zero-order chi connectivity index (χ0) is 19.2. The molecule has 2 aromatic carbocycles. The standard InChI is InChI=1S/C19H19Cl2N3O2S/c1-12-10-24(27(25,26)22-9-13-2-4-14(20)5-3-13)11-18-19(12)16-8-15(21)6-7-17(16)23-18/h2-8,12,22-23H,9-11H2,1H3. The summed E-state index contributed by atoms with van der Waals surface area (Å²) in [4.78, 5) is 3.35. The molecule has 5 nitrogen and oxygen atoms in total. The van der Waals surface area contributed by atoms with Crippen molar-refractivity contribution >= 4 is 44.3 Å². The molecule has 4 rings (SSSR count). The van der Waals surface area contributed by atoms with Crippen molar-refractivity contribution in [1.82, 2.24) is 14.0 Å². The summed E-state index contributed by atoms with van der Waals surface area (Å²) < 4.78 is 29.8. The molecule has 0 fully saturated rings. The van der Waals surface area contributed by atoms with E-state index in [0.717, 1.165) is 27.7 Å². The Labute approximate surface area is 168 Å². The van der Waals surface area contributed by atoms with Crippen LogP contribution in [-0.2, 0) is 23.3 Å². The largest absolute Gasteiger partial charge is 0.357 e. The van der Waals surface area contributed by atoms with Crippen LogP contribution < -0.4 is 4.72 Å². The van der Waals surface area contributed by atoms with E-state index in [-0.39, 0.29) is 12.5 Å². The first-order valence-electron chi connectivity index (χ1n) is 8.62. The molecule has 1 aliphatic heterocycles. The number of rotatable bonds is 4. The van der Waals surface area contributed by atoms with Gasteiger partial charge in [0.25, 0.3) is 10.2 Å². The van der Waals surface area contributed by atoms with Gasteiger partial charge in [0.2, 0.25) is 0 Å². The molecule has 0 saturated heterocycles. The van der Waals surface area contributed by atoms with E-state index < -0.39 is 10.2 Å². The minimum Gasteiger partial charge on any atom is -0.357 e. The summed E-state index contributed by atoms with van der Waals surface area (Å²) >= 11 is 12.0. The Morgan fingerprint density at radius 2 is 1.85 bits per heavy atom. The molecule has 0 radical (unpaired) electrons. The SMILES string of the molecule is CC1CN(S(=O)(=O)NCc2ccc(Cl)cc2)Cc2[nH]c3ccc(Cl)cc3c21. The Hall–Kier alpha value is -1.57. The van der Waals surface area contributed by atoms with Gasteiger partial charge in [-0.25, -0.2) is 0 Å². The van der Waals surface area contributed by atoms with Crippen molar-refractivity contribution in [2.75, 3.05) is 6.54 Å². The Morgan fingerprint density at radius 3 is 2.59 bits per heavy atom. The molecule has 27 heavy (non-hydrogen) atoms. The summed E-state index contributed by atoms with van der Waals surface area (Å²) in [5.41, 5.74) is 3.90. The molecule has 1 aromatic heterocycles. The molecule has 0 spiro atoms. The first-order chi connectivity index (χ1) is 12.8. The molecule has 1 aliphatic rings. The van der Waals surface area contributed by atoms with E-state index in [4.69, 9.17) is 23.2 Å². The summed E-state index contributed by atoms with van der Waals surface area (Å²) in [7, 11) is -3.61. The minimum absolute atomic E-state index is 0.0630. The van der Waals surface area contributed by atoms with E-state index in [0.29, 0.717) is 23.1 Å². The highest BCUT2D eigenvalue weighted by molar-refractivity contribution is 7.87. The van der Waals surface area contributed by atoms with Crippen LogP contribution in [0.15, 0.2) is 42.5 Å². The molecule has 1 atom stereocenters. The summed E-state index contributed by atoms with van der Waals surface area (Å²) in [6.45, 7) is 2.98. The van der Waals surface area contributed by atoms with Gasteiger partial charge in [-0.15, -0.1) is 0 Å². The molecule has 8 heteroatoms. The van der Waals surface area contributed by atoms with Crippen LogP contribution in [0.1, 0.15) is 29.7 Å². The number of halogens is 2. The molecule has 3 aromatic rings. The van der Waals surface area contributed by atoms with Gasteiger partial charge in [-0.2, -0.15) is 17.4 Å². The predicted octanol–water partition coefficient (Wildman–Crippen LogP) is 4.43. The van der Waals surface area contributed by atoms with Crippen LogP contribution >= 0.6 is 23.2 Å². The van der Waals surface area contributed by atoms with Gasteiger partial charge in [0.05, 0.1) is 6.54 Å². The molecule has 2 heterocycles. The van der Waals surface area contributed by atoms with Gasteiger partial charge in [-0.1, -0.05) is 42.3 Å². The first kappa shape index (κ1) is 18.8. The lowest BCUT2D eigenvalue weighted by Crippen LogP contribution is -2.44. The molecule has 1 unspecified atom stereocenters. The second-order valence-electron chi connectivity index (χ2n) is 6.85. The van der Waals surface area contributed by atoms with Crippen molar-refractivity contribution in [3.63, 3.8) is 0 Å². The summed E-state index contributed by atoms with van der Waals surface area (Å²) in [6, 6.07) is 12.8. The van der Waals surface area contributed by atoms with Gasteiger partial charge in [-0.3, -0.25) is 0 Å². The molecular formula is C19H19Cl2N3O2S. The van der Waals surface area contributed by atoms with E-state index in [1.54, 1.807) is 12.1 Å². The third-order valence-electron chi connectivity index (χ3n) is 4.90. The van der Waals surface area contributed by atoms with Gasteiger partial charge < -0.3 is 4.98 Å². The minimum atomic E-state index is -3.61. The average molecular weight is 424 g/mol. The molecule has 0 saturated carbocycles. The van der Waals surface area contributed by atoms with Gasteiger partial charge in [0.1, 0.15) is 0 Å². The molecule has 0 bridgehead atoms. The Bertz CT molecular complexity index is 1090. The zero-order valence-electron chi connectivity index (χ0n) is 14.7. The zero-order valence-corrected chi connectivity index (χ0v) is 17.0. The fourth-order valence-corrected chi connectivity index (χ4v) is 5.17. The van der Waals surface area contributed by atoms with Crippen LogP contribution in [0.3, 0.4) is 0 Å². The van der Waals surface area contributed by atoms with Crippen molar-refractivity contribution in [1.29, 1.82) is 0 Å². The monoisotopic (exact) mass is 423 g/mol. The van der Waals surface area contributed by atoms with Crippen molar-refractivity contribution in [2.45, 2.75) is 25.9 Å². The van der Waals surface area contributed by atoms with Crippen LogP contribution in [-0.4, -0.2) is 24.3 Å². The Balaban J connectivity index is 1.56. The molecule has 2 N–H and O–H groups in total. The second-order valence-corrected chi connectivity index (χ2v) is 9.48. The van der Waals surface area contributed by atoms with E-state index in [1.807, 2.05) is 37.3 Å². The fourth-order valence-electron chi connectivity index (χ4n) is 3.62. The highest BCUT2D eigenvalue weighted by Crippen LogP contribution is 2.36. The maximum absolute atomic E-state index is 12.8. The Kier molecular flexibility index (Phi) is 4.94. The molecule has 0 amide bonds. The maximum atomic E-state index is 12.8. The van der Waals surface area contributed by atoms with E-state index >= 15 is 0 Å². The lowest BCUT2D eigenvalue weighted by atomic mass is 9.95. The number of fused-ring (bicyclic) bond motifs is 3. The third kappa shape index (κ3) is 3.73. The van der Waals surface area contributed by atoms with Crippen LogP contribution in [0.4, 0.5) is 0 Å². The number of hydrogen-bond acceptors (Lipinski definition) is 2. The summed E-state index contributed by atoms with van der Waals surface area (Å²) in [5.74, 6) is 0.0630. The lowest BCUT2D eigenvalue weighted by Gasteiger charge is -2.30. The van der Waals surface area contributed by atoms with Crippen LogP contribution in [0.5, 0.6) is 0 Å². The maximum Gasteiger partial charge on any atom is 0.280 e. The van der Waals surface area contributed by atoms with Crippen molar-refractivity contribution in [3.05, 3.63) is 69.3 Å². The van der Waals surface area contributed by atoms with Crippen LogP contribution in [0.25, 0.3) is 10.9 Å². The normalized spacial score (nSPS) is 18.0. The topological polar surface area (TPSA) is 65.2 Å². The number of nitrogens with zero attached hydrogens (tertiary/aromatic N) is 1. The molecular weight excluding hydrogens is 405 g/mol. The lowest BCUT2D eigenvalue weighted by molar-refractivity contribution is 0.355. The van der Waals surface area contributed by atoms with Crippen LogP contribution in [0, 0.1) is 0 Å². The quantitative estimate of drug-likeness (QED) is 0.651. The number of nitrogens with one attached hydrogen (secondary N) is 2. The van der Waals surface area contributed by atoms with Gasteiger partial charge in [0.15, 0.2) is 0 Å². The molecule has 142 valence electrons.